The molecule has 0 saturated carbocycles. The number of rotatable bonds is 9. The van der Waals surface area contributed by atoms with Crippen molar-refractivity contribution in [1.29, 1.82) is 0 Å². The van der Waals surface area contributed by atoms with Crippen molar-refractivity contribution in [2.75, 3.05) is 18.0 Å². The van der Waals surface area contributed by atoms with Gasteiger partial charge in [0.25, 0.3) is 0 Å². The number of anilines is 1. The van der Waals surface area contributed by atoms with Crippen LogP contribution in [0, 0.1) is 5.82 Å². The lowest BCUT2D eigenvalue weighted by molar-refractivity contribution is -0.120. The second-order valence-corrected chi connectivity index (χ2v) is 8.41. The molecule has 1 unspecified atom stereocenters. The minimum Gasteiger partial charge on any atom is -0.442 e. The molecule has 186 valence electrons. The largest absolute Gasteiger partial charge is 0.442 e. The standard InChI is InChI=1S/C26H26FN5O4/c1-16(33)30-14-21-15-32(26(35)36-21)20-6-7-22(23(27)12-20)18-2-4-19(5-3-18)24(25(28)34)31-13-17-8-10-29-11-9-17/h2-12,21,24,31H,13-15H2,1H3,(H2,28,34)(H,30,33)/t21-,24?/m0/s1. The maximum absolute atomic E-state index is 15.0. The van der Waals surface area contributed by atoms with Crippen LogP contribution >= 0.6 is 0 Å². The molecule has 3 amide bonds. The fraction of sp³-hybridized carbons (Fsp3) is 0.231. The quantitative estimate of drug-likeness (QED) is 0.422. The monoisotopic (exact) mass is 491 g/mol. The van der Waals surface area contributed by atoms with Crippen LogP contribution in [0.15, 0.2) is 67.0 Å². The zero-order chi connectivity index (χ0) is 25.7. The Bertz CT molecular complexity index is 1250. The van der Waals surface area contributed by atoms with Gasteiger partial charge in [-0.05, 0) is 47.0 Å². The van der Waals surface area contributed by atoms with Gasteiger partial charge in [-0.3, -0.25) is 24.8 Å². The summed E-state index contributed by atoms with van der Waals surface area (Å²) in [5.41, 5.74) is 8.52. The van der Waals surface area contributed by atoms with Gasteiger partial charge in [-0.25, -0.2) is 9.18 Å². The summed E-state index contributed by atoms with van der Waals surface area (Å²) in [6, 6.07) is 14.3. The van der Waals surface area contributed by atoms with Crippen LogP contribution in [0.5, 0.6) is 0 Å². The first-order valence-electron chi connectivity index (χ1n) is 11.4. The Hall–Kier alpha value is -4.31. The van der Waals surface area contributed by atoms with E-state index in [1.54, 1.807) is 48.8 Å². The number of carbonyl (C=O) groups is 3. The molecule has 3 aromatic rings. The van der Waals surface area contributed by atoms with Crippen molar-refractivity contribution in [3.8, 4) is 11.1 Å². The number of primary amides is 1. The van der Waals surface area contributed by atoms with Gasteiger partial charge in [0, 0.05) is 31.4 Å². The fourth-order valence-electron chi connectivity index (χ4n) is 3.96. The van der Waals surface area contributed by atoms with Gasteiger partial charge in [0.15, 0.2) is 0 Å². The second kappa shape index (κ2) is 11.0. The maximum Gasteiger partial charge on any atom is 0.414 e. The minimum atomic E-state index is -0.717. The minimum absolute atomic E-state index is 0.189. The van der Waals surface area contributed by atoms with Gasteiger partial charge in [0.05, 0.1) is 18.8 Å². The highest BCUT2D eigenvalue weighted by atomic mass is 19.1. The predicted octanol–water partition coefficient (Wildman–Crippen LogP) is 2.67. The SMILES string of the molecule is CC(=O)NC[C@H]1CN(c2ccc(-c3ccc(C(NCc4ccncc4)C(N)=O)cc3)c(F)c2)C(=O)O1. The first kappa shape index (κ1) is 24.8. The summed E-state index contributed by atoms with van der Waals surface area (Å²) in [5.74, 6) is -1.26. The molecular weight excluding hydrogens is 465 g/mol. The smallest absolute Gasteiger partial charge is 0.414 e. The molecule has 1 aromatic heterocycles. The number of nitrogens with one attached hydrogen (secondary N) is 2. The van der Waals surface area contributed by atoms with E-state index >= 15 is 4.39 Å². The van der Waals surface area contributed by atoms with E-state index < -0.39 is 30.0 Å². The summed E-state index contributed by atoms with van der Waals surface area (Å²) >= 11 is 0. The van der Waals surface area contributed by atoms with Crippen molar-refractivity contribution in [3.05, 3.63) is 83.9 Å². The Morgan fingerprint density at radius 2 is 1.89 bits per heavy atom. The zero-order valence-electron chi connectivity index (χ0n) is 19.6. The lowest BCUT2D eigenvalue weighted by atomic mass is 9.99. The van der Waals surface area contributed by atoms with Crippen LogP contribution in [-0.4, -0.2) is 42.1 Å². The van der Waals surface area contributed by atoms with Crippen LogP contribution in [0.4, 0.5) is 14.9 Å². The van der Waals surface area contributed by atoms with Gasteiger partial charge in [-0.1, -0.05) is 24.3 Å². The molecule has 2 aromatic carbocycles. The van der Waals surface area contributed by atoms with Crippen molar-refractivity contribution in [2.24, 2.45) is 5.73 Å². The summed E-state index contributed by atoms with van der Waals surface area (Å²) in [6.07, 6.45) is 2.23. The summed E-state index contributed by atoms with van der Waals surface area (Å²) in [7, 11) is 0. The average molecular weight is 492 g/mol. The summed E-state index contributed by atoms with van der Waals surface area (Å²) < 4.78 is 20.3. The number of ether oxygens (including phenoxy) is 1. The highest BCUT2D eigenvalue weighted by Crippen LogP contribution is 2.30. The van der Waals surface area contributed by atoms with E-state index in [2.05, 4.69) is 15.6 Å². The van der Waals surface area contributed by atoms with Crippen molar-refractivity contribution >= 4 is 23.6 Å². The van der Waals surface area contributed by atoms with Crippen molar-refractivity contribution in [2.45, 2.75) is 25.6 Å². The highest BCUT2D eigenvalue weighted by Gasteiger charge is 2.32. The molecule has 36 heavy (non-hydrogen) atoms. The molecule has 2 atom stereocenters. The third-order valence-corrected chi connectivity index (χ3v) is 5.82. The van der Waals surface area contributed by atoms with Gasteiger partial charge in [-0.2, -0.15) is 0 Å². The number of hydrogen-bond donors (Lipinski definition) is 3. The molecule has 9 nitrogen and oxygen atoms in total. The second-order valence-electron chi connectivity index (χ2n) is 8.41. The number of hydrogen-bond acceptors (Lipinski definition) is 6. The number of carbonyl (C=O) groups excluding carboxylic acids is 3. The van der Waals surface area contributed by atoms with E-state index in [1.807, 2.05) is 12.1 Å². The molecule has 1 fully saturated rings. The molecule has 0 spiro atoms. The number of amides is 3. The van der Waals surface area contributed by atoms with Gasteiger partial charge >= 0.3 is 6.09 Å². The molecule has 1 aliphatic rings. The molecular formula is C26H26FN5O4. The molecule has 0 aliphatic carbocycles. The van der Waals surface area contributed by atoms with Gasteiger partial charge in [0.2, 0.25) is 11.8 Å². The Morgan fingerprint density at radius 1 is 1.17 bits per heavy atom. The molecule has 0 radical (unpaired) electrons. The first-order chi connectivity index (χ1) is 17.3. The van der Waals surface area contributed by atoms with Crippen LogP contribution in [0.1, 0.15) is 24.1 Å². The van der Waals surface area contributed by atoms with Gasteiger partial charge < -0.3 is 15.8 Å². The molecule has 4 rings (SSSR count). The van der Waals surface area contributed by atoms with Crippen LogP contribution in [0.2, 0.25) is 0 Å². The number of nitrogens with two attached hydrogens (primary N) is 1. The third kappa shape index (κ3) is 5.84. The van der Waals surface area contributed by atoms with Crippen LogP contribution in [-0.2, 0) is 20.9 Å². The first-order valence-corrected chi connectivity index (χ1v) is 11.4. The van der Waals surface area contributed by atoms with Gasteiger partial charge in [0.1, 0.15) is 18.0 Å². The molecule has 1 aliphatic heterocycles. The molecule has 10 heteroatoms. The van der Waals surface area contributed by atoms with E-state index in [0.29, 0.717) is 28.9 Å². The lowest BCUT2D eigenvalue weighted by Crippen LogP contribution is -2.33. The topological polar surface area (TPSA) is 127 Å². The van der Waals surface area contributed by atoms with E-state index in [0.717, 1.165) is 5.56 Å². The normalized spacial score (nSPS) is 15.9. The van der Waals surface area contributed by atoms with E-state index in [-0.39, 0.29) is 19.0 Å². The fourth-order valence-corrected chi connectivity index (χ4v) is 3.96. The van der Waals surface area contributed by atoms with Crippen molar-refractivity contribution < 1.29 is 23.5 Å². The molecule has 4 N–H and O–H groups in total. The summed E-state index contributed by atoms with van der Waals surface area (Å²) in [6.45, 7) is 2.20. The Labute approximate surface area is 207 Å². The summed E-state index contributed by atoms with van der Waals surface area (Å²) in [5, 5.41) is 5.74. The highest BCUT2D eigenvalue weighted by molar-refractivity contribution is 5.90. The van der Waals surface area contributed by atoms with Crippen LogP contribution in [0.25, 0.3) is 11.1 Å². The number of halogens is 1. The summed E-state index contributed by atoms with van der Waals surface area (Å²) in [4.78, 5) is 40.6. The zero-order valence-corrected chi connectivity index (χ0v) is 19.6. The molecule has 1 saturated heterocycles. The Morgan fingerprint density at radius 3 is 2.53 bits per heavy atom. The predicted molar refractivity (Wildman–Crippen MR) is 131 cm³/mol. The van der Waals surface area contributed by atoms with Gasteiger partial charge in [-0.15, -0.1) is 0 Å². The number of cyclic esters (lactones) is 1. The van der Waals surface area contributed by atoms with Crippen molar-refractivity contribution in [1.82, 2.24) is 15.6 Å². The maximum atomic E-state index is 15.0. The van der Waals surface area contributed by atoms with E-state index in [4.69, 9.17) is 10.5 Å². The number of benzene rings is 2. The van der Waals surface area contributed by atoms with Crippen LogP contribution in [0.3, 0.4) is 0 Å². The van der Waals surface area contributed by atoms with E-state index in [9.17, 15) is 14.4 Å². The number of aromatic nitrogens is 1. The number of pyridine rings is 1. The van der Waals surface area contributed by atoms with Crippen molar-refractivity contribution in [3.63, 3.8) is 0 Å². The molecule has 0 bridgehead atoms. The lowest BCUT2D eigenvalue weighted by Gasteiger charge is -2.17. The average Bonchev–Trinajstić information content (AvgIpc) is 3.24. The van der Waals surface area contributed by atoms with E-state index in [1.165, 1.54) is 17.9 Å². The number of nitrogens with zero attached hydrogens (tertiary/aromatic N) is 2. The Kier molecular flexibility index (Phi) is 7.55. The molecule has 2 heterocycles. The van der Waals surface area contributed by atoms with Crippen LogP contribution < -0.4 is 21.3 Å². The Balaban J connectivity index is 1.46. The third-order valence-electron chi connectivity index (χ3n) is 5.82.